The van der Waals surface area contributed by atoms with E-state index >= 15 is 0 Å². The SMILES string of the molecule is CC1OC(=O)c2c(O)cc(O)cc2C1Br. The first kappa shape index (κ1) is 10.3. The van der Waals surface area contributed by atoms with Crippen LogP contribution in [-0.2, 0) is 4.74 Å². The molecule has 0 aliphatic carbocycles. The molecule has 0 aromatic heterocycles. The molecule has 0 amide bonds. The van der Waals surface area contributed by atoms with Crippen LogP contribution in [0, 0.1) is 0 Å². The maximum atomic E-state index is 11.5. The second-order valence-corrected chi connectivity index (χ2v) is 4.43. The Kier molecular flexibility index (Phi) is 2.34. The van der Waals surface area contributed by atoms with Gasteiger partial charge in [-0.05, 0) is 18.6 Å². The normalized spacial score (nSPS) is 24.5. The summed E-state index contributed by atoms with van der Waals surface area (Å²) in [6.45, 7) is 1.74. The third-order valence-corrected chi connectivity index (χ3v) is 3.58. The van der Waals surface area contributed by atoms with Crippen molar-refractivity contribution in [3.63, 3.8) is 0 Å². The molecule has 1 heterocycles. The van der Waals surface area contributed by atoms with Gasteiger partial charge in [-0.15, -0.1) is 0 Å². The molecule has 2 rings (SSSR count). The van der Waals surface area contributed by atoms with Crippen molar-refractivity contribution in [1.82, 2.24) is 0 Å². The van der Waals surface area contributed by atoms with E-state index in [4.69, 9.17) is 4.74 Å². The van der Waals surface area contributed by atoms with E-state index in [2.05, 4.69) is 15.9 Å². The van der Waals surface area contributed by atoms with E-state index in [9.17, 15) is 15.0 Å². The van der Waals surface area contributed by atoms with Crippen LogP contribution in [0.3, 0.4) is 0 Å². The number of hydrogen-bond donors (Lipinski definition) is 2. The molecule has 4 nitrogen and oxygen atoms in total. The fourth-order valence-electron chi connectivity index (χ4n) is 1.61. The molecule has 2 N–H and O–H groups in total. The smallest absolute Gasteiger partial charge is 0.342 e. The van der Waals surface area contributed by atoms with Crippen LogP contribution in [0.15, 0.2) is 12.1 Å². The van der Waals surface area contributed by atoms with Crippen LogP contribution in [0.25, 0.3) is 0 Å². The summed E-state index contributed by atoms with van der Waals surface area (Å²) in [7, 11) is 0. The van der Waals surface area contributed by atoms with E-state index in [0.29, 0.717) is 5.56 Å². The number of cyclic esters (lactones) is 1. The topological polar surface area (TPSA) is 66.8 Å². The second-order valence-electron chi connectivity index (χ2n) is 3.44. The van der Waals surface area contributed by atoms with Gasteiger partial charge in [0, 0.05) is 6.07 Å². The van der Waals surface area contributed by atoms with Crippen molar-refractivity contribution in [2.24, 2.45) is 0 Å². The van der Waals surface area contributed by atoms with Crippen molar-refractivity contribution in [2.45, 2.75) is 17.9 Å². The molecule has 0 fully saturated rings. The molecular formula is C10H9BrO4. The van der Waals surface area contributed by atoms with Gasteiger partial charge in [-0.1, -0.05) is 15.9 Å². The number of phenolic OH excluding ortho intramolecular Hbond substituents is 2. The Balaban J connectivity index is 2.65. The van der Waals surface area contributed by atoms with Crippen LogP contribution in [0.1, 0.15) is 27.7 Å². The molecular weight excluding hydrogens is 264 g/mol. The lowest BCUT2D eigenvalue weighted by molar-refractivity contribution is 0.0294. The van der Waals surface area contributed by atoms with Crippen LogP contribution in [0.4, 0.5) is 0 Å². The molecule has 0 radical (unpaired) electrons. The molecule has 0 spiro atoms. The van der Waals surface area contributed by atoms with Gasteiger partial charge >= 0.3 is 5.97 Å². The van der Waals surface area contributed by atoms with Crippen molar-refractivity contribution in [3.8, 4) is 11.5 Å². The number of rotatable bonds is 0. The highest BCUT2D eigenvalue weighted by atomic mass is 79.9. The largest absolute Gasteiger partial charge is 0.508 e. The van der Waals surface area contributed by atoms with Crippen molar-refractivity contribution in [1.29, 1.82) is 0 Å². The van der Waals surface area contributed by atoms with E-state index < -0.39 is 5.97 Å². The number of fused-ring (bicyclic) bond motifs is 1. The van der Waals surface area contributed by atoms with Crippen LogP contribution in [-0.4, -0.2) is 22.3 Å². The molecule has 2 unspecified atom stereocenters. The summed E-state index contributed by atoms with van der Waals surface area (Å²) in [6.07, 6.45) is -0.328. The lowest BCUT2D eigenvalue weighted by Gasteiger charge is -2.27. The highest BCUT2D eigenvalue weighted by Crippen LogP contribution is 2.41. The third kappa shape index (κ3) is 1.56. The lowest BCUT2D eigenvalue weighted by Crippen LogP contribution is -2.27. The summed E-state index contributed by atoms with van der Waals surface area (Å²) in [5.41, 5.74) is 0.670. The molecule has 0 bridgehead atoms. The van der Waals surface area contributed by atoms with Gasteiger partial charge in [0.1, 0.15) is 23.2 Å². The van der Waals surface area contributed by atoms with Crippen LogP contribution in [0.2, 0.25) is 0 Å². The molecule has 0 saturated carbocycles. The summed E-state index contributed by atoms with van der Waals surface area (Å²) in [5, 5.41) is 18.9. The molecule has 5 heteroatoms. The Morgan fingerprint density at radius 2 is 2.07 bits per heavy atom. The Morgan fingerprint density at radius 3 is 2.73 bits per heavy atom. The zero-order chi connectivity index (χ0) is 11.2. The average molecular weight is 273 g/mol. The Hall–Kier alpha value is -1.23. The van der Waals surface area contributed by atoms with Crippen molar-refractivity contribution in [2.75, 3.05) is 0 Å². The molecule has 15 heavy (non-hydrogen) atoms. The van der Waals surface area contributed by atoms with Gasteiger partial charge in [-0.25, -0.2) is 4.79 Å². The quantitative estimate of drug-likeness (QED) is 0.561. The number of hydrogen-bond acceptors (Lipinski definition) is 4. The van der Waals surface area contributed by atoms with Crippen LogP contribution < -0.4 is 0 Å². The molecule has 1 aromatic carbocycles. The van der Waals surface area contributed by atoms with Gasteiger partial charge in [-0.3, -0.25) is 0 Å². The fourth-order valence-corrected chi connectivity index (χ4v) is 2.08. The minimum atomic E-state index is -0.564. The molecule has 1 aromatic rings. The van der Waals surface area contributed by atoms with Crippen LogP contribution >= 0.6 is 15.9 Å². The molecule has 1 aliphatic rings. The van der Waals surface area contributed by atoms with E-state index in [1.165, 1.54) is 6.07 Å². The fraction of sp³-hybridized carbons (Fsp3) is 0.300. The predicted octanol–water partition coefficient (Wildman–Crippen LogP) is 2.09. The average Bonchev–Trinajstić information content (AvgIpc) is 2.12. The van der Waals surface area contributed by atoms with Crippen LogP contribution in [0.5, 0.6) is 11.5 Å². The van der Waals surface area contributed by atoms with Crippen molar-refractivity contribution >= 4 is 21.9 Å². The number of esters is 1. The number of carbonyl (C=O) groups is 1. The number of ether oxygens (including phenoxy) is 1. The predicted molar refractivity (Wildman–Crippen MR) is 56.3 cm³/mol. The first-order valence-corrected chi connectivity index (χ1v) is 5.33. The van der Waals surface area contributed by atoms with E-state index in [-0.39, 0.29) is 28.0 Å². The Morgan fingerprint density at radius 1 is 1.40 bits per heavy atom. The minimum absolute atomic E-state index is 0.0717. The second kappa shape index (κ2) is 3.41. The summed E-state index contributed by atoms with van der Waals surface area (Å²) in [5.74, 6) is -0.894. The number of aromatic hydroxyl groups is 2. The van der Waals surface area contributed by atoms with E-state index in [1.54, 1.807) is 6.92 Å². The monoisotopic (exact) mass is 272 g/mol. The maximum Gasteiger partial charge on any atom is 0.342 e. The number of alkyl halides is 1. The Labute approximate surface area is 94.6 Å². The summed E-state index contributed by atoms with van der Waals surface area (Å²) >= 11 is 3.35. The summed E-state index contributed by atoms with van der Waals surface area (Å²) in [4.78, 5) is 11.3. The highest BCUT2D eigenvalue weighted by molar-refractivity contribution is 9.09. The minimum Gasteiger partial charge on any atom is -0.508 e. The number of carbonyl (C=O) groups excluding carboxylic acids is 1. The highest BCUT2D eigenvalue weighted by Gasteiger charge is 2.33. The Bertz CT molecular complexity index is 430. The van der Waals surface area contributed by atoms with Gasteiger partial charge < -0.3 is 14.9 Å². The summed E-state index contributed by atoms with van der Waals surface area (Å²) in [6, 6.07) is 2.57. The zero-order valence-corrected chi connectivity index (χ0v) is 9.48. The lowest BCUT2D eigenvalue weighted by atomic mass is 9.98. The van der Waals surface area contributed by atoms with E-state index in [1.807, 2.05) is 0 Å². The molecule has 2 atom stereocenters. The summed E-state index contributed by atoms with van der Waals surface area (Å²) < 4.78 is 5.02. The number of phenols is 2. The first-order chi connectivity index (χ1) is 7.00. The first-order valence-electron chi connectivity index (χ1n) is 4.41. The van der Waals surface area contributed by atoms with E-state index in [0.717, 1.165) is 6.07 Å². The maximum absolute atomic E-state index is 11.5. The van der Waals surface area contributed by atoms with Gasteiger partial charge in [0.25, 0.3) is 0 Å². The van der Waals surface area contributed by atoms with Gasteiger partial charge in [-0.2, -0.15) is 0 Å². The molecule has 80 valence electrons. The zero-order valence-electron chi connectivity index (χ0n) is 7.90. The molecule has 1 aliphatic heterocycles. The molecule has 0 saturated heterocycles. The van der Waals surface area contributed by atoms with Gasteiger partial charge in [0.05, 0.1) is 4.83 Å². The van der Waals surface area contributed by atoms with Crippen molar-refractivity contribution in [3.05, 3.63) is 23.3 Å². The number of halogens is 1. The standard InChI is InChI=1S/C10H9BrO4/c1-4-9(11)6-2-5(12)3-7(13)8(6)10(14)15-4/h2-4,9,12-13H,1H3. The van der Waals surface area contributed by atoms with Crippen molar-refractivity contribution < 1.29 is 19.7 Å². The third-order valence-electron chi connectivity index (χ3n) is 2.34. The van der Waals surface area contributed by atoms with Gasteiger partial charge in [0.2, 0.25) is 0 Å². The van der Waals surface area contributed by atoms with Gasteiger partial charge in [0.15, 0.2) is 0 Å². The number of benzene rings is 1.